The summed E-state index contributed by atoms with van der Waals surface area (Å²) in [5.74, 6) is 0.585. The van der Waals surface area contributed by atoms with Crippen molar-refractivity contribution >= 4 is 28.8 Å². The van der Waals surface area contributed by atoms with Gasteiger partial charge in [-0.15, -0.1) is 11.3 Å². The van der Waals surface area contributed by atoms with Crippen molar-refractivity contribution in [2.45, 2.75) is 39.7 Å². The zero-order chi connectivity index (χ0) is 22.5. The molecule has 3 aromatic rings. The van der Waals surface area contributed by atoms with Crippen molar-refractivity contribution in [3.05, 3.63) is 75.2 Å². The van der Waals surface area contributed by atoms with Crippen LogP contribution in [0.2, 0.25) is 0 Å². The van der Waals surface area contributed by atoms with Crippen LogP contribution in [-0.2, 0) is 17.8 Å². The Morgan fingerprint density at radius 2 is 1.84 bits per heavy atom. The van der Waals surface area contributed by atoms with E-state index in [0.717, 1.165) is 42.3 Å². The van der Waals surface area contributed by atoms with Crippen molar-refractivity contribution < 1.29 is 14.3 Å². The Morgan fingerprint density at radius 3 is 2.59 bits per heavy atom. The van der Waals surface area contributed by atoms with Crippen LogP contribution < -0.4 is 10.1 Å². The van der Waals surface area contributed by atoms with E-state index in [-0.39, 0.29) is 18.2 Å². The minimum Gasteiger partial charge on any atom is -0.486 e. The molecule has 1 aliphatic rings. The largest absolute Gasteiger partial charge is 0.486 e. The lowest BCUT2D eigenvalue weighted by molar-refractivity contribution is -0.115. The molecule has 2 aromatic carbocycles. The predicted octanol–water partition coefficient (Wildman–Crippen LogP) is 4.76. The predicted molar refractivity (Wildman–Crippen MR) is 126 cm³/mol. The molecule has 1 aromatic heterocycles. The van der Waals surface area contributed by atoms with E-state index in [2.05, 4.69) is 10.3 Å². The second-order valence-corrected chi connectivity index (χ2v) is 9.00. The molecule has 1 saturated heterocycles. The smallest absolute Gasteiger partial charge is 0.256 e. The number of hydrogen-bond donors (Lipinski definition) is 1. The van der Waals surface area contributed by atoms with Gasteiger partial charge in [-0.2, -0.15) is 0 Å². The lowest BCUT2D eigenvalue weighted by Gasteiger charge is -2.19. The number of thiazole rings is 1. The summed E-state index contributed by atoms with van der Waals surface area (Å²) in [5.41, 5.74) is 3.87. The van der Waals surface area contributed by atoms with Crippen LogP contribution >= 0.6 is 11.3 Å². The standard InChI is InChI=1S/C25H27N3O3S/c1-17-8-10-20(11-9-17)31-15-23-26-19(16-32-23)14-22(29)27-21-7-5-6-18(2)24(21)25(30)28-12-3-4-13-28/h5-11,16H,3-4,12-15H2,1-2H3,(H,27,29). The Balaban J connectivity index is 1.37. The highest BCUT2D eigenvalue weighted by Gasteiger charge is 2.24. The van der Waals surface area contributed by atoms with E-state index >= 15 is 0 Å². The van der Waals surface area contributed by atoms with Gasteiger partial charge in [0.05, 0.1) is 23.4 Å². The lowest BCUT2D eigenvalue weighted by atomic mass is 10.0. The minimum atomic E-state index is -0.192. The number of benzene rings is 2. The van der Waals surface area contributed by atoms with Gasteiger partial charge in [-0.05, 0) is 50.5 Å². The molecule has 0 bridgehead atoms. The molecule has 7 heteroatoms. The summed E-state index contributed by atoms with van der Waals surface area (Å²) in [6.07, 6.45) is 2.20. The van der Waals surface area contributed by atoms with Gasteiger partial charge in [0.2, 0.25) is 5.91 Å². The van der Waals surface area contributed by atoms with Gasteiger partial charge in [0.15, 0.2) is 0 Å². The molecule has 4 rings (SSSR count). The first-order valence-electron chi connectivity index (χ1n) is 10.8. The molecule has 0 spiro atoms. The van der Waals surface area contributed by atoms with E-state index < -0.39 is 0 Å². The molecule has 1 fully saturated rings. The molecule has 0 saturated carbocycles. The first-order chi connectivity index (χ1) is 15.5. The number of carbonyl (C=O) groups is 2. The molecule has 166 valence electrons. The summed E-state index contributed by atoms with van der Waals surface area (Å²) >= 11 is 1.47. The third kappa shape index (κ3) is 5.34. The van der Waals surface area contributed by atoms with E-state index in [4.69, 9.17) is 4.74 Å². The second-order valence-electron chi connectivity index (χ2n) is 8.06. The summed E-state index contributed by atoms with van der Waals surface area (Å²) in [6, 6.07) is 13.4. The Kier molecular flexibility index (Phi) is 6.85. The summed E-state index contributed by atoms with van der Waals surface area (Å²) < 4.78 is 5.77. The molecule has 0 unspecified atom stereocenters. The summed E-state index contributed by atoms with van der Waals surface area (Å²) in [4.78, 5) is 32.1. The number of likely N-dealkylation sites (tertiary alicyclic amines) is 1. The van der Waals surface area contributed by atoms with E-state index in [1.54, 1.807) is 6.07 Å². The molecule has 1 N–H and O–H groups in total. The van der Waals surface area contributed by atoms with Gasteiger partial charge in [-0.25, -0.2) is 4.98 Å². The van der Waals surface area contributed by atoms with Crippen LogP contribution in [0.25, 0.3) is 0 Å². The summed E-state index contributed by atoms with van der Waals surface area (Å²) in [6.45, 7) is 5.84. The average molecular weight is 450 g/mol. The maximum Gasteiger partial charge on any atom is 0.256 e. The zero-order valence-corrected chi connectivity index (χ0v) is 19.2. The van der Waals surface area contributed by atoms with Crippen LogP contribution in [0.4, 0.5) is 5.69 Å². The first-order valence-corrected chi connectivity index (χ1v) is 11.7. The highest BCUT2D eigenvalue weighted by atomic mass is 32.1. The highest BCUT2D eigenvalue weighted by molar-refractivity contribution is 7.09. The van der Waals surface area contributed by atoms with Crippen LogP contribution in [0.15, 0.2) is 47.8 Å². The van der Waals surface area contributed by atoms with Gasteiger partial charge in [-0.1, -0.05) is 29.8 Å². The van der Waals surface area contributed by atoms with Gasteiger partial charge in [0, 0.05) is 18.5 Å². The van der Waals surface area contributed by atoms with Crippen LogP contribution in [0.5, 0.6) is 5.75 Å². The van der Waals surface area contributed by atoms with Crippen molar-refractivity contribution in [3.63, 3.8) is 0 Å². The summed E-state index contributed by atoms with van der Waals surface area (Å²) in [5, 5.41) is 5.61. The SMILES string of the molecule is Cc1ccc(OCc2nc(CC(=O)Nc3cccc(C)c3C(=O)N3CCCC3)cs2)cc1. The third-order valence-corrected chi connectivity index (χ3v) is 6.35. The van der Waals surface area contributed by atoms with Crippen molar-refractivity contribution in [1.29, 1.82) is 0 Å². The van der Waals surface area contributed by atoms with Gasteiger partial charge in [-0.3, -0.25) is 9.59 Å². The van der Waals surface area contributed by atoms with Crippen LogP contribution in [0.1, 0.15) is 45.0 Å². The first kappa shape index (κ1) is 22.0. The molecule has 2 amide bonds. The van der Waals surface area contributed by atoms with E-state index in [1.807, 2.05) is 60.5 Å². The van der Waals surface area contributed by atoms with Crippen LogP contribution in [-0.4, -0.2) is 34.8 Å². The second kappa shape index (κ2) is 9.96. The van der Waals surface area contributed by atoms with E-state index in [1.165, 1.54) is 16.9 Å². The molecule has 0 atom stereocenters. The lowest BCUT2D eigenvalue weighted by Crippen LogP contribution is -2.29. The van der Waals surface area contributed by atoms with Crippen molar-refractivity contribution in [1.82, 2.24) is 9.88 Å². The molecular weight excluding hydrogens is 422 g/mol. The Morgan fingerprint density at radius 1 is 1.09 bits per heavy atom. The fourth-order valence-electron chi connectivity index (χ4n) is 3.77. The van der Waals surface area contributed by atoms with Gasteiger partial charge >= 0.3 is 0 Å². The fourth-order valence-corrected chi connectivity index (χ4v) is 4.47. The fraction of sp³-hybridized carbons (Fsp3) is 0.320. The maximum atomic E-state index is 13.0. The minimum absolute atomic E-state index is 0.0138. The number of anilines is 1. The van der Waals surface area contributed by atoms with Gasteiger partial charge in [0.25, 0.3) is 5.91 Å². The molecule has 0 radical (unpaired) electrons. The normalized spacial score (nSPS) is 13.2. The number of nitrogens with one attached hydrogen (secondary N) is 1. The molecule has 6 nitrogen and oxygen atoms in total. The summed E-state index contributed by atoms with van der Waals surface area (Å²) in [7, 11) is 0. The monoisotopic (exact) mass is 449 g/mol. The quantitative estimate of drug-likeness (QED) is 0.565. The molecule has 0 aliphatic carbocycles. The number of aromatic nitrogens is 1. The van der Waals surface area contributed by atoms with Crippen LogP contribution in [0.3, 0.4) is 0 Å². The Hall–Kier alpha value is -3.19. The molecule has 32 heavy (non-hydrogen) atoms. The number of rotatable bonds is 7. The average Bonchev–Trinajstić information content (AvgIpc) is 3.45. The number of ether oxygens (including phenoxy) is 1. The number of nitrogens with zero attached hydrogens (tertiary/aromatic N) is 2. The van der Waals surface area contributed by atoms with Crippen molar-refractivity contribution in [2.24, 2.45) is 0 Å². The zero-order valence-electron chi connectivity index (χ0n) is 18.4. The third-order valence-electron chi connectivity index (χ3n) is 5.48. The van der Waals surface area contributed by atoms with Gasteiger partial charge in [0.1, 0.15) is 17.4 Å². The Labute approximate surface area is 192 Å². The number of aryl methyl sites for hydroxylation is 2. The van der Waals surface area contributed by atoms with E-state index in [0.29, 0.717) is 23.6 Å². The number of carbonyl (C=O) groups excluding carboxylic acids is 2. The van der Waals surface area contributed by atoms with Crippen LogP contribution in [0, 0.1) is 13.8 Å². The van der Waals surface area contributed by atoms with Gasteiger partial charge < -0.3 is 15.0 Å². The number of hydrogen-bond acceptors (Lipinski definition) is 5. The van der Waals surface area contributed by atoms with Crippen molar-refractivity contribution in [3.8, 4) is 5.75 Å². The molecule has 2 heterocycles. The number of amides is 2. The maximum absolute atomic E-state index is 13.0. The van der Waals surface area contributed by atoms with Crippen molar-refractivity contribution in [2.75, 3.05) is 18.4 Å². The topological polar surface area (TPSA) is 71.5 Å². The molecular formula is C25H27N3O3S. The Bertz CT molecular complexity index is 1100. The van der Waals surface area contributed by atoms with E-state index in [9.17, 15) is 9.59 Å². The highest BCUT2D eigenvalue weighted by Crippen LogP contribution is 2.24. The molecule has 1 aliphatic heterocycles.